The van der Waals surface area contributed by atoms with Gasteiger partial charge in [0.25, 0.3) is 0 Å². The van der Waals surface area contributed by atoms with E-state index in [0.29, 0.717) is 38.2 Å². The van der Waals surface area contributed by atoms with Gasteiger partial charge in [-0.25, -0.2) is 0 Å². The summed E-state index contributed by atoms with van der Waals surface area (Å²) in [5.41, 5.74) is 0.597. The number of hydrogen-bond acceptors (Lipinski definition) is 5. The number of amides is 1. The van der Waals surface area contributed by atoms with Crippen LogP contribution in [0.25, 0.3) is 0 Å². The van der Waals surface area contributed by atoms with Gasteiger partial charge in [-0.3, -0.25) is 4.79 Å². The first kappa shape index (κ1) is 15.3. The maximum absolute atomic E-state index is 11.4. The number of carbonyl (C=O) groups is 1. The van der Waals surface area contributed by atoms with Crippen molar-refractivity contribution >= 4 is 5.91 Å². The van der Waals surface area contributed by atoms with E-state index in [1.807, 2.05) is 0 Å². The molecule has 0 aliphatic heterocycles. The Balaban J connectivity index is 2.20. The highest BCUT2D eigenvalue weighted by Gasteiger charge is 2.05. The van der Waals surface area contributed by atoms with Crippen LogP contribution in [0.3, 0.4) is 0 Å². The first-order valence-electron chi connectivity index (χ1n) is 6.11. The molecule has 0 aliphatic rings. The molecule has 6 heteroatoms. The molecule has 6 nitrogen and oxygen atoms in total. The van der Waals surface area contributed by atoms with E-state index in [2.05, 4.69) is 10.6 Å². The van der Waals surface area contributed by atoms with Crippen LogP contribution < -0.4 is 10.6 Å². The molecule has 0 saturated carbocycles. The molecule has 0 fully saturated rings. The van der Waals surface area contributed by atoms with E-state index in [1.54, 1.807) is 19.2 Å². The lowest BCUT2D eigenvalue weighted by Crippen LogP contribution is -2.29. The molecule has 1 aromatic rings. The molecular formula is C13H20N2O4. The molecular weight excluding hydrogens is 248 g/mol. The number of ether oxygens (including phenoxy) is 1. The number of carbonyl (C=O) groups excluding carboxylic acids is 1. The van der Waals surface area contributed by atoms with Gasteiger partial charge in [-0.05, 0) is 6.07 Å². The van der Waals surface area contributed by atoms with Gasteiger partial charge in [0.1, 0.15) is 0 Å². The number of benzene rings is 1. The lowest BCUT2D eigenvalue weighted by Gasteiger charge is -2.08. The van der Waals surface area contributed by atoms with Crippen molar-refractivity contribution in [3.05, 3.63) is 23.8 Å². The Morgan fingerprint density at radius 3 is 2.84 bits per heavy atom. The summed E-state index contributed by atoms with van der Waals surface area (Å²) in [5.74, 6) is -0.319. The second kappa shape index (κ2) is 8.34. The van der Waals surface area contributed by atoms with Gasteiger partial charge in [0, 0.05) is 38.7 Å². The summed E-state index contributed by atoms with van der Waals surface area (Å²) in [7, 11) is 1.58. The monoisotopic (exact) mass is 268 g/mol. The smallest absolute Gasteiger partial charge is 0.221 e. The van der Waals surface area contributed by atoms with Crippen LogP contribution in [0.2, 0.25) is 0 Å². The van der Waals surface area contributed by atoms with E-state index in [9.17, 15) is 15.0 Å². The molecule has 0 heterocycles. The zero-order chi connectivity index (χ0) is 14.1. The molecule has 1 aromatic carbocycles. The molecule has 0 aromatic heterocycles. The molecule has 0 atom stereocenters. The SMILES string of the molecule is COCCNC(=O)CCNCc1cccc(O)c1O. The van der Waals surface area contributed by atoms with Crippen LogP contribution in [-0.2, 0) is 16.1 Å². The quantitative estimate of drug-likeness (QED) is 0.403. The van der Waals surface area contributed by atoms with E-state index in [-0.39, 0.29) is 17.4 Å². The molecule has 0 aliphatic carbocycles. The highest BCUT2D eigenvalue weighted by Crippen LogP contribution is 2.27. The molecule has 19 heavy (non-hydrogen) atoms. The van der Waals surface area contributed by atoms with Gasteiger partial charge in [-0.1, -0.05) is 12.1 Å². The van der Waals surface area contributed by atoms with Gasteiger partial charge >= 0.3 is 0 Å². The Morgan fingerprint density at radius 1 is 1.32 bits per heavy atom. The lowest BCUT2D eigenvalue weighted by atomic mass is 10.2. The fourth-order valence-electron chi connectivity index (χ4n) is 1.53. The standard InChI is InChI=1S/C13H20N2O4/c1-19-8-7-15-12(17)5-6-14-9-10-3-2-4-11(16)13(10)18/h2-4,14,16,18H,5-9H2,1H3,(H,15,17). The first-order chi connectivity index (χ1) is 9.15. The zero-order valence-electron chi connectivity index (χ0n) is 11.0. The van der Waals surface area contributed by atoms with Crippen LogP contribution in [0.15, 0.2) is 18.2 Å². The molecule has 0 unspecified atom stereocenters. The fourth-order valence-corrected chi connectivity index (χ4v) is 1.53. The van der Waals surface area contributed by atoms with Crippen molar-refractivity contribution in [1.29, 1.82) is 0 Å². The average molecular weight is 268 g/mol. The highest BCUT2D eigenvalue weighted by molar-refractivity contribution is 5.76. The van der Waals surface area contributed by atoms with Crippen LogP contribution >= 0.6 is 0 Å². The zero-order valence-corrected chi connectivity index (χ0v) is 11.0. The van der Waals surface area contributed by atoms with Gasteiger partial charge in [0.15, 0.2) is 11.5 Å². The second-order valence-electron chi connectivity index (χ2n) is 4.05. The minimum Gasteiger partial charge on any atom is -0.504 e. The van der Waals surface area contributed by atoms with Crippen LogP contribution in [0.5, 0.6) is 11.5 Å². The number of phenolic OH excluding ortho intramolecular Hbond substituents is 2. The van der Waals surface area contributed by atoms with Gasteiger partial charge in [-0.2, -0.15) is 0 Å². The maximum Gasteiger partial charge on any atom is 0.221 e. The second-order valence-corrected chi connectivity index (χ2v) is 4.05. The summed E-state index contributed by atoms with van der Waals surface area (Å²) in [6, 6.07) is 4.78. The molecule has 106 valence electrons. The molecule has 1 amide bonds. The summed E-state index contributed by atoms with van der Waals surface area (Å²) >= 11 is 0. The fraction of sp³-hybridized carbons (Fsp3) is 0.462. The van der Waals surface area contributed by atoms with Crippen molar-refractivity contribution in [2.24, 2.45) is 0 Å². The number of hydrogen-bond donors (Lipinski definition) is 4. The van der Waals surface area contributed by atoms with Gasteiger partial charge in [-0.15, -0.1) is 0 Å². The molecule has 0 bridgehead atoms. The van der Waals surface area contributed by atoms with Crippen molar-refractivity contribution in [3.8, 4) is 11.5 Å². The van der Waals surface area contributed by atoms with Crippen molar-refractivity contribution in [2.75, 3.05) is 26.8 Å². The van der Waals surface area contributed by atoms with Crippen LogP contribution in [0.4, 0.5) is 0 Å². The van der Waals surface area contributed by atoms with Gasteiger partial charge < -0.3 is 25.6 Å². The third kappa shape index (κ3) is 5.58. The Morgan fingerprint density at radius 2 is 2.11 bits per heavy atom. The minimum atomic E-state index is -0.142. The molecule has 0 saturated heterocycles. The largest absolute Gasteiger partial charge is 0.504 e. The predicted molar refractivity (Wildman–Crippen MR) is 71.0 cm³/mol. The number of phenols is 2. The highest BCUT2D eigenvalue weighted by atomic mass is 16.5. The van der Waals surface area contributed by atoms with E-state index in [0.717, 1.165) is 0 Å². The summed E-state index contributed by atoms with van der Waals surface area (Å²) < 4.78 is 4.82. The minimum absolute atomic E-state index is 0.0512. The molecule has 1 rings (SSSR count). The Labute approximate surface area is 112 Å². The van der Waals surface area contributed by atoms with E-state index in [1.165, 1.54) is 6.07 Å². The molecule has 0 spiro atoms. The number of nitrogens with one attached hydrogen (secondary N) is 2. The number of methoxy groups -OCH3 is 1. The number of aromatic hydroxyl groups is 2. The maximum atomic E-state index is 11.4. The Kier molecular flexibility index (Phi) is 6.70. The summed E-state index contributed by atoms with van der Waals surface area (Å²) in [6.07, 6.45) is 0.350. The van der Waals surface area contributed by atoms with Gasteiger partial charge in [0.05, 0.1) is 6.61 Å². The van der Waals surface area contributed by atoms with E-state index in [4.69, 9.17) is 4.74 Å². The molecule has 4 N–H and O–H groups in total. The summed E-state index contributed by atoms with van der Waals surface area (Å²) in [5, 5.41) is 24.6. The topological polar surface area (TPSA) is 90.8 Å². The van der Waals surface area contributed by atoms with Crippen molar-refractivity contribution < 1.29 is 19.7 Å². The number of para-hydroxylation sites is 1. The Hall–Kier alpha value is -1.79. The third-order valence-electron chi connectivity index (χ3n) is 2.57. The van der Waals surface area contributed by atoms with Crippen LogP contribution in [-0.4, -0.2) is 42.9 Å². The van der Waals surface area contributed by atoms with Crippen LogP contribution in [0, 0.1) is 0 Å². The van der Waals surface area contributed by atoms with E-state index < -0.39 is 0 Å². The van der Waals surface area contributed by atoms with E-state index >= 15 is 0 Å². The van der Waals surface area contributed by atoms with Crippen molar-refractivity contribution in [2.45, 2.75) is 13.0 Å². The third-order valence-corrected chi connectivity index (χ3v) is 2.57. The molecule has 0 radical (unpaired) electrons. The van der Waals surface area contributed by atoms with Crippen LogP contribution in [0.1, 0.15) is 12.0 Å². The Bertz CT molecular complexity index is 410. The normalized spacial score (nSPS) is 10.4. The summed E-state index contributed by atoms with van der Waals surface area (Å²) in [6.45, 7) is 1.89. The summed E-state index contributed by atoms with van der Waals surface area (Å²) in [4.78, 5) is 11.4. The van der Waals surface area contributed by atoms with Gasteiger partial charge in [0.2, 0.25) is 5.91 Å². The van der Waals surface area contributed by atoms with Crippen molar-refractivity contribution in [1.82, 2.24) is 10.6 Å². The predicted octanol–water partition coefficient (Wildman–Crippen LogP) is 0.340. The number of rotatable bonds is 8. The lowest BCUT2D eigenvalue weighted by molar-refractivity contribution is -0.121. The first-order valence-corrected chi connectivity index (χ1v) is 6.11. The average Bonchev–Trinajstić information content (AvgIpc) is 2.39. The van der Waals surface area contributed by atoms with Crippen molar-refractivity contribution in [3.63, 3.8) is 0 Å².